The van der Waals surface area contributed by atoms with Crippen LogP contribution >= 0.6 is 0 Å². The zero-order valence-electron chi connectivity index (χ0n) is 13.2. The number of fused-ring (bicyclic) bond motifs is 5. The van der Waals surface area contributed by atoms with Crippen LogP contribution < -0.4 is 10.2 Å². The Kier molecular flexibility index (Phi) is 3.53. The van der Waals surface area contributed by atoms with E-state index in [1.165, 1.54) is 0 Å². The van der Waals surface area contributed by atoms with Crippen molar-refractivity contribution < 1.29 is 23.9 Å². The lowest BCUT2D eigenvalue weighted by Crippen LogP contribution is -2.49. The fourth-order valence-corrected chi connectivity index (χ4v) is 3.76. The van der Waals surface area contributed by atoms with E-state index in [9.17, 15) is 14.4 Å². The van der Waals surface area contributed by atoms with Gasteiger partial charge in [-0.25, -0.2) is 0 Å². The molecule has 0 saturated carbocycles. The zero-order valence-corrected chi connectivity index (χ0v) is 13.2. The Balaban J connectivity index is 1.37. The fraction of sp³-hybridized carbons (Fsp3) is 0.471. The number of hydrazine groups is 1. The molecule has 1 aromatic carbocycles. The molecule has 0 radical (unpaired) electrons. The molecule has 2 bridgehead atoms. The Morgan fingerprint density at radius 1 is 1.17 bits per heavy atom. The lowest BCUT2D eigenvalue weighted by molar-refractivity contribution is -0.151. The van der Waals surface area contributed by atoms with Crippen LogP contribution in [0.4, 0.5) is 0 Å². The van der Waals surface area contributed by atoms with Crippen LogP contribution in [0.3, 0.4) is 0 Å². The number of rotatable bonds is 4. The minimum Gasteiger partial charge on any atom is -0.484 e. The summed E-state index contributed by atoms with van der Waals surface area (Å²) in [6, 6.07) is 7.26. The highest BCUT2D eigenvalue weighted by Crippen LogP contribution is 2.47. The van der Waals surface area contributed by atoms with E-state index < -0.39 is 17.7 Å². The lowest BCUT2D eigenvalue weighted by atomic mass is 9.81. The third kappa shape index (κ3) is 2.36. The highest BCUT2D eigenvalue weighted by Gasteiger charge is 2.62. The van der Waals surface area contributed by atoms with Gasteiger partial charge in [0.15, 0.2) is 6.61 Å². The molecule has 4 atom stereocenters. The number of ether oxygens (including phenoxy) is 2. The fourth-order valence-electron chi connectivity index (χ4n) is 3.76. The maximum atomic E-state index is 12.4. The van der Waals surface area contributed by atoms with Gasteiger partial charge in [-0.2, -0.15) is 5.01 Å². The summed E-state index contributed by atoms with van der Waals surface area (Å²) >= 11 is 0. The first-order valence-electron chi connectivity index (χ1n) is 8.07. The number of hydrogen-bond acceptors (Lipinski definition) is 5. The summed E-state index contributed by atoms with van der Waals surface area (Å²) in [5, 5.41) is 0.851. The quantitative estimate of drug-likeness (QED) is 0.816. The zero-order chi connectivity index (χ0) is 16.8. The molecule has 3 amide bonds. The summed E-state index contributed by atoms with van der Waals surface area (Å²) in [4.78, 5) is 36.8. The molecule has 3 aliphatic rings. The van der Waals surface area contributed by atoms with E-state index >= 15 is 0 Å². The van der Waals surface area contributed by atoms with Crippen molar-refractivity contribution >= 4 is 17.7 Å². The predicted molar refractivity (Wildman–Crippen MR) is 81.5 cm³/mol. The van der Waals surface area contributed by atoms with Crippen molar-refractivity contribution in [3.05, 3.63) is 29.8 Å². The van der Waals surface area contributed by atoms with E-state index in [0.717, 1.165) is 23.4 Å². The second-order valence-corrected chi connectivity index (χ2v) is 6.49. The van der Waals surface area contributed by atoms with Crippen molar-refractivity contribution in [1.82, 2.24) is 10.4 Å². The van der Waals surface area contributed by atoms with Gasteiger partial charge in [-0.3, -0.25) is 19.8 Å². The van der Waals surface area contributed by atoms with Crippen LogP contribution in [0.15, 0.2) is 24.3 Å². The van der Waals surface area contributed by atoms with Crippen molar-refractivity contribution in [2.45, 2.75) is 32.0 Å². The maximum Gasteiger partial charge on any atom is 0.276 e. The van der Waals surface area contributed by atoms with Crippen molar-refractivity contribution in [2.24, 2.45) is 11.8 Å². The lowest BCUT2D eigenvalue weighted by Gasteiger charge is -2.18. The largest absolute Gasteiger partial charge is 0.484 e. The third-order valence-corrected chi connectivity index (χ3v) is 4.91. The summed E-state index contributed by atoms with van der Waals surface area (Å²) in [5.74, 6) is -1.63. The number of carbonyl (C=O) groups is 3. The summed E-state index contributed by atoms with van der Waals surface area (Å²) in [6.07, 6.45) is 1.20. The third-order valence-electron chi connectivity index (χ3n) is 4.91. The van der Waals surface area contributed by atoms with Gasteiger partial charge in [0.05, 0.1) is 24.0 Å². The Morgan fingerprint density at radius 3 is 2.33 bits per heavy atom. The minimum atomic E-state index is -0.537. The Bertz CT molecular complexity index is 673. The van der Waals surface area contributed by atoms with Crippen LogP contribution in [-0.2, 0) is 19.1 Å². The number of nitrogens with one attached hydrogen (secondary N) is 1. The second kappa shape index (κ2) is 5.59. The average molecular weight is 330 g/mol. The van der Waals surface area contributed by atoms with E-state index in [1.54, 1.807) is 12.1 Å². The Morgan fingerprint density at radius 2 is 1.75 bits per heavy atom. The molecule has 3 aliphatic heterocycles. The first kappa shape index (κ1) is 15.1. The summed E-state index contributed by atoms with van der Waals surface area (Å²) in [7, 11) is 0. The molecule has 3 heterocycles. The van der Waals surface area contributed by atoms with Crippen molar-refractivity contribution in [1.29, 1.82) is 0 Å². The van der Waals surface area contributed by atoms with Gasteiger partial charge < -0.3 is 9.47 Å². The van der Waals surface area contributed by atoms with Gasteiger partial charge in [0, 0.05) is 0 Å². The van der Waals surface area contributed by atoms with Crippen LogP contribution in [0, 0.1) is 18.8 Å². The van der Waals surface area contributed by atoms with Gasteiger partial charge in [-0.1, -0.05) is 17.7 Å². The maximum absolute atomic E-state index is 12.4. The predicted octanol–water partition coefficient (Wildman–Crippen LogP) is 0.567. The van der Waals surface area contributed by atoms with Gasteiger partial charge in [0.2, 0.25) is 0 Å². The Hall–Kier alpha value is -2.41. The molecule has 0 aromatic heterocycles. The smallest absolute Gasteiger partial charge is 0.276 e. The Labute approximate surface area is 138 Å². The molecule has 1 N–H and O–H groups in total. The molecule has 126 valence electrons. The topological polar surface area (TPSA) is 84.9 Å². The summed E-state index contributed by atoms with van der Waals surface area (Å²) in [5.41, 5.74) is 3.46. The molecular weight excluding hydrogens is 312 g/mol. The standard InChI is InChI=1S/C17H18N2O5/c1-9-2-4-10(5-3-9)23-8-13(20)18-19-16(21)14-11-6-7-12(24-11)15(14)17(19)22/h2-5,11-12,14-15H,6-8H2,1H3,(H,18,20)/t11-,12-,14-,15+/m0/s1. The van der Waals surface area contributed by atoms with Crippen LogP contribution in [0.1, 0.15) is 18.4 Å². The molecular formula is C17H18N2O5. The first-order chi connectivity index (χ1) is 11.5. The number of amides is 3. The number of nitrogens with zero attached hydrogens (tertiary/aromatic N) is 1. The SMILES string of the molecule is Cc1ccc(OCC(=O)NN2C(=O)[C@@H]3[C@H](C2=O)[C@@H]2CC[C@@H]3O2)cc1. The number of imide groups is 1. The van der Waals surface area contributed by atoms with E-state index in [-0.39, 0.29) is 30.6 Å². The van der Waals surface area contributed by atoms with Gasteiger partial charge in [0.25, 0.3) is 17.7 Å². The van der Waals surface area contributed by atoms with Crippen molar-refractivity contribution in [3.8, 4) is 5.75 Å². The highest BCUT2D eigenvalue weighted by molar-refractivity contribution is 6.07. The molecule has 0 unspecified atom stereocenters. The van der Waals surface area contributed by atoms with Crippen LogP contribution in [-0.4, -0.2) is 41.5 Å². The first-order valence-corrected chi connectivity index (χ1v) is 8.07. The molecule has 3 fully saturated rings. The van der Waals surface area contributed by atoms with Crippen molar-refractivity contribution in [3.63, 3.8) is 0 Å². The molecule has 24 heavy (non-hydrogen) atoms. The highest BCUT2D eigenvalue weighted by atomic mass is 16.5. The van der Waals surface area contributed by atoms with Gasteiger partial charge in [-0.15, -0.1) is 0 Å². The number of hydrogen-bond donors (Lipinski definition) is 1. The van der Waals surface area contributed by atoms with Crippen LogP contribution in [0.5, 0.6) is 5.75 Å². The normalized spacial score (nSPS) is 30.6. The van der Waals surface area contributed by atoms with Gasteiger partial charge >= 0.3 is 0 Å². The van der Waals surface area contributed by atoms with Crippen LogP contribution in [0.25, 0.3) is 0 Å². The number of aryl methyl sites for hydroxylation is 1. The van der Waals surface area contributed by atoms with Gasteiger partial charge in [-0.05, 0) is 31.9 Å². The van der Waals surface area contributed by atoms with Crippen LogP contribution in [0.2, 0.25) is 0 Å². The van der Waals surface area contributed by atoms with Crippen molar-refractivity contribution in [2.75, 3.05) is 6.61 Å². The van der Waals surface area contributed by atoms with E-state index in [0.29, 0.717) is 5.75 Å². The monoisotopic (exact) mass is 330 g/mol. The molecule has 3 saturated heterocycles. The minimum absolute atomic E-state index is 0.192. The summed E-state index contributed by atoms with van der Waals surface area (Å²) in [6.45, 7) is 1.69. The molecule has 0 spiro atoms. The molecule has 4 rings (SSSR count). The molecule has 7 heteroatoms. The number of benzene rings is 1. The van der Waals surface area contributed by atoms with E-state index in [1.807, 2.05) is 19.1 Å². The molecule has 7 nitrogen and oxygen atoms in total. The second-order valence-electron chi connectivity index (χ2n) is 6.49. The average Bonchev–Trinajstić information content (AvgIpc) is 3.24. The van der Waals surface area contributed by atoms with Gasteiger partial charge in [0.1, 0.15) is 5.75 Å². The molecule has 0 aliphatic carbocycles. The van der Waals surface area contributed by atoms with E-state index in [4.69, 9.17) is 9.47 Å². The summed E-state index contributed by atoms with van der Waals surface area (Å²) < 4.78 is 11.0. The number of carbonyl (C=O) groups excluding carboxylic acids is 3. The molecule has 1 aromatic rings. The van der Waals surface area contributed by atoms with E-state index in [2.05, 4.69) is 5.43 Å².